The normalized spacial score (nSPS) is 18.2. The van der Waals surface area contributed by atoms with E-state index in [0.29, 0.717) is 58.7 Å². The molecule has 0 aromatic heterocycles. The fraction of sp³-hybridized carbons (Fsp3) is 0.593. The van der Waals surface area contributed by atoms with Crippen LogP contribution in [-0.4, -0.2) is 94.4 Å². The molecule has 2 atom stereocenters. The minimum atomic E-state index is -0.968. The summed E-state index contributed by atoms with van der Waals surface area (Å²) >= 11 is 0. The standard InChI is InChI=1S/C27H44N4O7.3H2/c1-6-23(32)28-13-10-16-35-19-26(31-25(34)8-3,20-36-17-11-14-29-24(33)7-2)21-37-18-12-15-30-27(9-4)22(5)38-27;;;/h6-9,22,30H,1-4,10-21H2,5H3,(H,28,32)(H,29,33)(H,31,34);3*1H. The molecule has 1 aliphatic heterocycles. The quantitative estimate of drug-likeness (QED) is 0.0623. The molecule has 1 rings (SSSR count). The molecule has 0 aliphatic carbocycles. The second-order valence-electron chi connectivity index (χ2n) is 8.87. The average Bonchev–Trinajstić information content (AvgIpc) is 3.58. The molecule has 0 bridgehead atoms. The molecule has 0 saturated carbocycles. The first-order valence-electron chi connectivity index (χ1n) is 12.8. The molecule has 3 amide bonds. The highest BCUT2D eigenvalue weighted by Gasteiger charge is 2.50. The molecular weight excluding hydrogens is 492 g/mol. The maximum atomic E-state index is 12.3. The van der Waals surface area contributed by atoms with Gasteiger partial charge in [0.15, 0.2) is 5.72 Å². The summed E-state index contributed by atoms with van der Waals surface area (Å²) in [7, 11) is 0. The Labute approximate surface area is 230 Å². The van der Waals surface area contributed by atoms with Crippen LogP contribution < -0.4 is 21.3 Å². The van der Waals surface area contributed by atoms with Crippen LogP contribution in [0.4, 0.5) is 0 Å². The van der Waals surface area contributed by atoms with Gasteiger partial charge in [0.25, 0.3) is 0 Å². The van der Waals surface area contributed by atoms with Gasteiger partial charge in [-0.25, -0.2) is 0 Å². The van der Waals surface area contributed by atoms with Crippen molar-refractivity contribution in [1.82, 2.24) is 21.3 Å². The lowest BCUT2D eigenvalue weighted by atomic mass is 10.0. The third-order valence-corrected chi connectivity index (χ3v) is 5.70. The molecule has 1 heterocycles. The van der Waals surface area contributed by atoms with Gasteiger partial charge in [-0.2, -0.15) is 0 Å². The number of nitrogens with one attached hydrogen (secondary N) is 4. The highest BCUT2D eigenvalue weighted by Crippen LogP contribution is 2.33. The summed E-state index contributed by atoms with van der Waals surface area (Å²) < 4.78 is 23.2. The van der Waals surface area contributed by atoms with Gasteiger partial charge in [-0.15, -0.1) is 0 Å². The monoisotopic (exact) mass is 542 g/mol. The zero-order chi connectivity index (χ0) is 28.3. The van der Waals surface area contributed by atoms with Crippen molar-refractivity contribution in [3.8, 4) is 0 Å². The van der Waals surface area contributed by atoms with Crippen molar-refractivity contribution in [2.24, 2.45) is 0 Å². The topological polar surface area (TPSA) is 140 Å². The number of amides is 3. The van der Waals surface area contributed by atoms with Crippen LogP contribution in [-0.2, 0) is 33.3 Å². The molecule has 1 aliphatic rings. The Kier molecular flexibility index (Phi) is 16.1. The van der Waals surface area contributed by atoms with E-state index in [1.807, 2.05) is 6.92 Å². The van der Waals surface area contributed by atoms with Crippen LogP contribution >= 0.6 is 0 Å². The number of carbonyl (C=O) groups is 3. The van der Waals surface area contributed by atoms with Gasteiger partial charge in [-0.1, -0.05) is 26.3 Å². The molecule has 220 valence electrons. The summed E-state index contributed by atoms with van der Waals surface area (Å²) in [6.45, 7) is 19.2. The van der Waals surface area contributed by atoms with E-state index in [1.165, 1.54) is 18.2 Å². The predicted octanol–water partition coefficient (Wildman–Crippen LogP) is 1.48. The van der Waals surface area contributed by atoms with E-state index < -0.39 is 11.3 Å². The maximum absolute atomic E-state index is 12.3. The molecule has 4 N–H and O–H groups in total. The number of rotatable bonds is 24. The predicted molar refractivity (Wildman–Crippen MR) is 152 cm³/mol. The Hall–Kier alpha value is -2.83. The lowest BCUT2D eigenvalue weighted by molar-refractivity contribution is -0.123. The zero-order valence-corrected chi connectivity index (χ0v) is 22.6. The Balaban J connectivity index is -0.00000481. The van der Waals surface area contributed by atoms with Gasteiger partial charge in [0, 0.05) is 43.7 Å². The van der Waals surface area contributed by atoms with Gasteiger partial charge in [-0.3, -0.25) is 19.7 Å². The van der Waals surface area contributed by atoms with Crippen molar-refractivity contribution in [3.05, 3.63) is 50.6 Å². The fourth-order valence-corrected chi connectivity index (χ4v) is 3.45. The van der Waals surface area contributed by atoms with Crippen LogP contribution in [0.25, 0.3) is 0 Å². The fourth-order valence-electron chi connectivity index (χ4n) is 3.45. The third-order valence-electron chi connectivity index (χ3n) is 5.70. The molecule has 0 aromatic carbocycles. The summed E-state index contributed by atoms with van der Waals surface area (Å²) in [6, 6.07) is 0. The molecule has 2 unspecified atom stereocenters. The summed E-state index contributed by atoms with van der Waals surface area (Å²) in [6.07, 6.45) is 7.31. The third kappa shape index (κ3) is 13.1. The molecule has 38 heavy (non-hydrogen) atoms. The van der Waals surface area contributed by atoms with Crippen LogP contribution in [0.2, 0.25) is 0 Å². The Morgan fingerprint density at radius 3 is 1.61 bits per heavy atom. The molecular formula is C27H50N4O7. The number of carbonyl (C=O) groups excluding carboxylic acids is 3. The van der Waals surface area contributed by atoms with E-state index in [1.54, 1.807) is 6.08 Å². The van der Waals surface area contributed by atoms with E-state index in [4.69, 9.17) is 18.9 Å². The molecule has 1 fully saturated rings. The first-order chi connectivity index (χ1) is 18.3. The molecule has 11 heteroatoms. The number of epoxide rings is 1. The van der Waals surface area contributed by atoms with Crippen LogP contribution in [0.5, 0.6) is 0 Å². The molecule has 0 spiro atoms. The average molecular weight is 543 g/mol. The first-order valence-corrected chi connectivity index (χ1v) is 12.8. The van der Waals surface area contributed by atoms with Gasteiger partial charge >= 0.3 is 0 Å². The summed E-state index contributed by atoms with van der Waals surface area (Å²) in [5, 5.41) is 11.6. The number of hydrogen-bond donors (Lipinski definition) is 4. The van der Waals surface area contributed by atoms with Gasteiger partial charge in [0.2, 0.25) is 17.7 Å². The van der Waals surface area contributed by atoms with E-state index >= 15 is 0 Å². The number of ether oxygens (including phenoxy) is 4. The Bertz CT molecular complexity index is 788. The van der Waals surface area contributed by atoms with Crippen molar-refractivity contribution < 1.29 is 37.6 Å². The largest absolute Gasteiger partial charge is 0.379 e. The highest BCUT2D eigenvalue weighted by molar-refractivity contribution is 5.87. The van der Waals surface area contributed by atoms with Crippen molar-refractivity contribution in [2.45, 2.75) is 43.6 Å². The van der Waals surface area contributed by atoms with Gasteiger partial charge in [0.1, 0.15) is 11.6 Å². The minimum absolute atomic E-state index is 0. The highest BCUT2D eigenvalue weighted by atomic mass is 16.6. The summed E-state index contributed by atoms with van der Waals surface area (Å²) in [5.41, 5.74) is -1.43. The SMILES string of the molecule is C=CC(=O)NCCCOCC(COCCCNC(=O)C=C)(COCCCNC1(C=C)OC1C)NC(=O)C=C.[HH].[HH].[HH]. The Morgan fingerprint density at radius 2 is 1.24 bits per heavy atom. The van der Waals surface area contributed by atoms with Crippen molar-refractivity contribution in [3.63, 3.8) is 0 Å². The van der Waals surface area contributed by atoms with Gasteiger partial charge in [-0.05, 0) is 50.5 Å². The molecule has 11 nitrogen and oxygen atoms in total. The van der Waals surface area contributed by atoms with Gasteiger partial charge in [0.05, 0.1) is 19.8 Å². The van der Waals surface area contributed by atoms with E-state index in [-0.39, 0.29) is 47.9 Å². The molecule has 1 saturated heterocycles. The van der Waals surface area contributed by atoms with E-state index in [2.05, 4.69) is 47.6 Å². The lowest BCUT2D eigenvalue weighted by Gasteiger charge is -2.34. The van der Waals surface area contributed by atoms with Crippen molar-refractivity contribution in [1.29, 1.82) is 0 Å². The first kappa shape index (κ1) is 33.2. The summed E-state index contributed by atoms with van der Waals surface area (Å²) in [4.78, 5) is 34.9. The van der Waals surface area contributed by atoms with Crippen molar-refractivity contribution >= 4 is 17.7 Å². The Morgan fingerprint density at radius 1 is 0.816 bits per heavy atom. The van der Waals surface area contributed by atoms with Crippen LogP contribution in [0.1, 0.15) is 30.5 Å². The summed E-state index contributed by atoms with van der Waals surface area (Å²) in [5.74, 6) is -0.883. The smallest absolute Gasteiger partial charge is 0.244 e. The van der Waals surface area contributed by atoms with Gasteiger partial charge < -0.3 is 34.9 Å². The number of hydrogen-bond acceptors (Lipinski definition) is 8. The van der Waals surface area contributed by atoms with E-state index in [9.17, 15) is 14.4 Å². The van der Waals surface area contributed by atoms with Crippen LogP contribution in [0.15, 0.2) is 50.6 Å². The van der Waals surface area contributed by atoms with Crippen LogP contribution in [0, 0.1) is 0 Å². The van der Waals surface area contributed by atoms with Crippen LogP contribution in [0.3, 0.4) is 0 Å². The molecule has 0 radical (unpaired) electrons. The zero-order valence-electron chi connectivity index (χ0n) is 22.6. The maximum Gasteiger partial charge on any atom is 0.244 e. The van der Waals surface area contributed by atoms with E-state index in [0.717, 1.165) is 0 Å². The molecule has 0 aromatic rings. The van der Waals surface area contributed by atoms with Crippen molar-refractivity contribution in [2.75, 3.05) is 59.3 Å². The minimum Gasteiger partial charge on any atom is -0.379 e. The second kappa shape index (κ2) is 18.4. The lowest BCUT2D eigenvalue weighted by Crippen LogP contribution is -2.58. The second-order valence-corrected chi connectivity index (χ2v) is 8.87.